The van der Waals surface area contributed by atoms with Crippen molar-refractivity contribution in [3.63, 3.8) is 0 Å². The van der Waals surface area contributed by atoms with E-state index >= 15 is 0 Å². The summed E-state index contributed by atoms with van der Waals surface area (Å²) in [7, 11) is 0. The molecule has 0 fully saturated rings. The molecule has 1 N–H and O–H groups in total. The van der Waals surface area contributed by atoms with Crippen LogP contribution in [0, 0.1) is 0 Å². The summed E-state index contributed by atoms with van der Waals surface area (Å²) in [5, 5.41) is 7.46. The average molecular weight is 305 g/mol. The van der Waals surface area contributed by atoms with Crippen LogP contribution >= 0.6 is 0 Å². The van der Waals surface area contributed by atoms with Gasteiger partial charge < -0.3 is 8.94 Å². The number of pyridine rings is 1. The molecule has 0 saturated carbocycles. The molecular formula is C17H11N3O3. The lowest BCUT2D eigenvalue weighted by atomic mass is 10.2. The van der Waals surface area contributed by atoms with E-state index in [2.05, 4.69) is 15.5 Å². The number of fused-ring (bicyclic) bond motifs is 1. The van der Waals surface area contributed by atoms with Crippen molar-refractivity contribution in [1.82, 2.24) is 10.1 Å². The Bertz CT molecular complexity index is 974. The molecule has 23 heavy (non-hydrogen) atoms. The number of carbonyl (C=O) groups excluding carboxylic acids is 1. The fourth-order valence-electron chi connectivity index (χ4n) is 2.24. The van der Waals surface area contributed by atoms with Gasteiger partial charge in [-0.05, 0) is 24.3 Å². The minimum absolute atomic E-state index is 0.233. The maximum absolute atomic E-state index is 12.3. The number of para-hydroxylation sites is 1. The summed E-state index contributed by atoms with van der Waals surface area (Å²) in [6.07, 6.45) is 1.54. The van der Waals surface area contributed by atoms with Gasteiger partial charge in [-0.3, -0.25) is 10.1 Å². The number of rotatable bonds is 3. The number of benzene rings is 1. The predicted molar refractivity (Wildman–Crippen MR) is 83.9 cm³/mol. The van der Waals surface area contributed by atoms with Crippen molar-refractivity contribution in [3.8, 4) is 11.5 Å². The normalized spacial score (nSPS) is 10.8. The zero-order valence-corrected chi connectivity index (χ0v) is 11.9. The third kappa shape index (κ3) is 2.57. The molecule has 1 amide bonds. The minimum Gasteiger partial charge on any atom is -0.463 e. The van der Waals surface area contributed by atoms with Crippen LogP contribution in [0.25, 0.3) is 22.4 Å². The lowest BCUT2D eigenvalue weighted by Gasteiger charge is -2.02. The fourth-order valence-corrected chi connectivity index (χ4v) is 2.24. The average Bonchev–Trinajstić information content (AvgIpc) is 3.25. The first-order chi connectivity index (χ1) is 11.3. The van der Waals surface area contributed by atoms with Gasteiger partial charge in [-0.25, -0.2) is 4.98 Å². The molecule has 4 aromatic rings. The molecule has 0 aliphatic heterocycles. The maximum atomic E-state index is 12.3. The van der Waals surface area contributed by atoms with Gasteiger partial charge in [-0.1, -0.05) is 29.4 Å². The summed E-state index contributed by atoms with van der Waals surface area (Å²) in [4.78, 5) is 16.6. The van der Waals surface area contributed by atoms with E-state index in [0.717, 1.165) is 10.9 Å². The van der Waals surface area contributed by atoms with E-state index in [-0.39, 0.29) is 11.8 Å². The second kappa shape index (κ2) is 5.42. The second-order valence-electron chi connectivity index (χ2n) is 4.90. The SMILES string of the molecule is O=C(Nc1cc(-c2ccco2)no1)c1ccc2ccccc2n1. The molecule has 1 aromatic carbocycles. The molecular weight excluding hydrogens is 294 g/mol. The third-order valence-corrected chi connectivity index (χ3v) is 3.35. The van der Waals surface area contributed by atoms with Crippen molar-refractivity contribution in [2.45, 2.75) is 0 Å². The number of nitrogens with zero attached hydrogens (tertiary/aromatic N) is 2. The molecule has 0 aliphatic rings. The van der Waals surface area contributed by atoms with Crippen LogP contribution in [0.3, 0.4) is 0 Å². The van der Waals surface area contributed by atoms with E-state index in [1.54, 1.807) is 30.5 Å². The number of hydrogen-bond donors (Lipinski definition) is 1. The Balaban J connectivity index is 1.57. The summed E-state index contributed by atoms with van der Waals surface area (Å²) in [5.74, 6) is 0.437. The monoisotopic (exact) mass is 305 g/mol. The van der Waals surface area contributed by atoms with Gasteiger partial charge in [0.05, 0.1) is 11.8 Å². The number of anilines is 1. The van der Waals surface area contributed by atoms with Gasteiger partial charge in [0.25, 0.3) is 5.91 Å². The molecule has 0 saturated heterocycles. The van der Waals surface area contributed by atoms with Gasteiger partial charge in [0.1, 0.15) is 5.69 Å². The van der Waals surface area contributed by atoms with Crippen molar-refractivity contribution in [2.75, 3.05) is 5.32 Å². The summed E-state index contributed by atoms with van der Waals surface area (Å²) >= 11 is 0. The first kappa shape index (κ1) is 13.3. The van der Waals surface area contributed by atoms with Crippen molar-refractivity contribution in [2.24, 2.45) is 0 Å². The highest BCUT2D eigenvalue weighted by Gasteiger charge is 2.13. The largest absolute Gasteiger partial charge is 0.463 e. The topological polar surface area (TPSA) is 81.2 Å². The quantitative estimate of drug-likeness (QED) is 0.623. The van der Waals surface area contributed by atoms with Gasteiger partial charge in [0, 0.05) is 11.5 Å². The number of furan rings is 1. The van der Waals surface area contributed by atoms with Gasteiger partial charge in [0.2, 0.25) is 5.88 Å². The molecule has 3 heterocycles. The lowest BCUT2D eigenvalue weighted by molar-refractivity contribution is 0.101. The van der Waals surface area contributed by atoms with Crippen LogP contribution in [-0.2, 0) is 0 Å². The number of nitrogens with one attached hydrogen (secondary N) is 1. The molecule has 0 radical (unpaired) electrons. The molecule has 0 spiro atoms. The van der Waals surface area contributed by atoms with Crippen LogP contribution in [0.2, 0.25) is 0 Å². The van der Waals surface area contributed by atoms with Crippen molar-refractivity contribution >= 4 is 22.7 Å². The van der Waals surface area contributed by atoms with E-state index in [4.69, 9.17) is 8.94 Å². The number of carbonyl (C=O) groups is 1. The fraction of sp³-hybridized carbons (Fsp3) is 0. The van der Waals surface area contributed by atoms with Gasteiger partial charge in [-0.2, -0.15) is 0 Å². The van der Waals surface area contributed by atoms with E-state index in [0.29, 0.717) is 17.1 Å². The highest BCUT2D eigenvalue weighted by Crippen LogP contribution is 2.22. The summed E-state index contributed by atoms with van der Waals surface area (Å²) in [6.45, 7) is 0. The molecule has 112 valence electrons. The Labute approximate surface area is 130 Å². The van der Waals surface area contributed by atoms with Crippen LogP contribution in [0.15, 0.2) is 69.8 Å². The number of aromatic nitrogens is 2. The smallest absolute Gasteiger partial charge is 0.276 e. The Morgan fingerprint density at radius 3 is 2.83 bits per heavy atom. The zero-order valence-electron chi connectivity index (χ0n) is 11.9. The third-order valence-electron chi connectivity index (χ3n) is 3.35. The predicted octanol–water partition coefficient (Wildman–Crippen LogP) is 3.74. The van der Waals surface area contributed by atoms with Gasteiger partial charge >= 0.3 is 0 Å². The van der Waals surface area contributed by atoms with Crippen LogP contribution in [-0.4, -0.2) is 16.0 Å². The number of amides is 1. The molecule has 0 unspecified atom stereocenters. The van der Waals surface area contributed by atoms with Crippen molar-refractivity contribution in [1.29, 1.82) is 0 Å². The van der Waals surface area contributed by atoms with Crippen molar-refractivity contribution < 1.29 is 13.7 Å². The Hall–Kier alpha value is -3.41. The Morgan fingerprint density at radius 1 is 1.04 bits per heavy atom. The Morgan fingerprint density at radius 2 is 1.96 bits per heavy atom. The summed E-state index contributed by atoms with van der Waals surface area (Å²) in [6, 6.07) is 16.2. The maximum Gasteiger partial charge on any atom is 0.276 e. The highest BCUT2D eigenvalue weighted by atomic mass is 16.5. The first-order valence-electron chi connectivity index (χ1n) is 6.97. The van der Waals surface area contributed by atoms with E-state index in [1.165, 1.54) is 0 Å². The number of hydrogen-bond acceptors (Lipinski definition) is 5. The van der Waals surface area contributed by atoms with Crippen LogP contribution in [0.4, 0.5) is 5.88 Å². The van der Waals surface area contributed by atoms with Crippen LogP contribution in [0.1, 0.15) is 10.5 Å². The molecule has 0 atom stereocenters. The zero-order chi connectivity index (χ0) is 15.6. The highest BCUT2D eigenvalue weighted by molar-refractivity contribution is 6.03. The molecule has 4 rings (SSSR count). The van der Waals surface area contributed by atoms with Gasteiger partial charge in [0.15, 0.2) is 11.5 Å². The lowest BCUT2D eigenvalue weighted by Crippen LogP contribution is -2.13. The van der Waals surface area contributed by atoms with Crippen LogP contribution in [0.5, 0.6) is 0 Å². The van der Waals surface area contributed by atoms with E-state index in [9.17, 15) is 4.79 Å². The first-order valence-corrected chi connectivity index (χ1v) is 6.97. The standard InChI is InChI=1S/C17H11N3O3/c21-17(13-8-7-11-4-1-2-5-12(11)18-13)19-16-10-14(20-23-16)15-6-3-9-22-15/h1-10H,(H,19,21). The molecule has 6 nitrogen and oxygen atoms in total. The van der Waals surface area contributed by atoms with Gasteiger partial charge in [-0.15, -0.1) is 0 Å². The minimum atomic E-state index is -0.363. The summed E-state index contributed by atoms with van der Waals surface area (Å²) < 4.78 is 10.3. The van der Waals surface area contributed by atoms with Crippen molar-refractivity contribution in [3.05, 3.63) is 66.6 Å². The van der Waals surface area contributed by atoms with E-state index in [1.807, 2.05) is 30.3 Å². The molecule has 0 bridgehead atoms. The Kier molecular flexibility index (Phi) is 3.12. The summed E-state index contributed by atoms with van der Waals surface area (Å²) in [5.41, 5.74) is 1.57. The molecule has 6 heteroatoms. The second-order valence-corrected chi connectivity index (χ2v) is 4.90. The molecule has 3 aromatic heterocycles. The van der Waals surface area contributed by atoms with E-state index < -0.39 is 0 Å². The molecule has 0 aliphatic carbocycles. The van der Waals surface area contributed by atoms with Crippen LogP contribution < -0.4 is 5.32 Å².